The van der Waals surface area contributed by atoms with Crippen LogP contribution < -0.4 is 4.90 Å². The molecule has 6 heteroatoms. The number of nitrogens with zero attached hydrogens (tertiary/aromatic N) is 3. The van der Waals surface area contributed by atoms with Gasteiger partial charge in [-0.2, -0.15) is 5.26 Å². The van der Waals surface area contributed by atoms with Crippen LogP contribution in [0.25, 0.3) is 0 Å². The van der Waals surface area contributed by atoms with Gasteiger partial charge in [0.25, 0.3) is 0 Å². The molecule has 1 aliphatic rings. The lowest BCUT2D eigenvalue weighted by molar-refractivity contribution is 0.122. The first kappa shape index (κ1) is 11.1. The SMILES string of the molecule is N#Cc1cc(F)c(N2CCOCC2)nc1Cl. The van der Waals surface area contributed by atoms with Crippen molar-refractivity contribution < 1.29 is 9.13 Å². The largest absolute Gasteiger partial charge is 0.378 e. The summed E-state index contributed by atoms with van der Waals surface area (Å²) in [6, 6.07) is 2.90. The summed E-state index contributed by atoms with van der Waals surface area (Å²) in [5, 5.41) is 8.70. The van der Waals surface area contributed by atoms with Crippen LogP contribution in [0.4, 0.5) is 10.2 Å². The van der Waals surface area contributed by atoms with Crippen molar-refractivity contribution in [3.63, 3.8) is 0 Å². The average Bonchev–Trinajstić information content (AvgIpc) is 2.32. The molecular weight excluding hydrogens is 233 g/mol. The number of nitriles is 1. The minimum atomic E-state index is -0.525. The Balaban J connectivity index is 2.34. The third-order valence-corrected chi connectivity index (χ3v) is 2.63. The predicted molar refractivity (Wildman–Crippen MR) is 57.0 cm³/mol. The van der Waals surface area contributed by atoms with Crippen LogP contribution >= 0.6 is 11.6 Å². The number of halogens is 2. The minimum Gasteiger partial charge on any atom is -0.378 e. The second kappa shape index (κ2) is 4.64. The summed E-state index contributed by atoms with van der Waals surface area (Å²) in [6.07, 6.45) is 0. The van der Waals surface area contributed by atoms with E-state index < -0.39 is 5.82 Å². The van der Waals surface area contributed by atoms with Gasteiger partial charge in [-0.05, 0) is 6.07 Å². The molecule has 0 bridgehead atoms. The number of anilines is 1. The minimum absolute atomic E-state index is 0.0328. The van der Waals surface area contributed by atoms with E-state index in [0.29, 0.717) is 26.3 Å². The van der Waals surface area contributed by atoms with Crippen LogP contribution in [0.1, 0.15) is 5.56 Å². The van der Waals surface area contributed by atoms with Crippen LogP contribution in [-0.4, -0.2) is 31.3 Å². The van der Waals surface area contributed by atoms with Crippen molar-refractivity contribution in [1.82, 2.24) is 4.98 Å². The van der Waals surface area contributed by atoms with Gasteiger partial charge in [0.15, 0.2) is 11.6 Å². The van der Waals surface area contributed by atoms with Crippen molar-refractivity contribution in [2.75, 3.05) is 31.2 Å². The highest BCUT2D eigenvalue weighted by atomic mass is 35.5. The fourth-order valence-corrected chi connectivity index (χ4v) is 1.71. The predicted octanol–water partition coefficient (Wildman–Crippen LogP) is 1.58. The van der Waals surface area contributed by atoms with Crippen molar-refractivity contribution in [2.45, 2.75) is 0 Å². The molecule has 0 radical (unpaired) electrons. The molecule has 0 aromatic carbocycles. The average molecular weight is 242 g/mol. The summed E-state index contributed by atoms with van der Waals surface area (Å²) in [6.45, 7) is 2.23. The Bertz CT molecular complexity index is 440. The van der Waals surface area contributed by atoms with Gasteiger partial charge < -0.3 is 9.64 Å². The van der Waals surface area contributed by atoms with Crippen molar-refractivity contribution in [1.29, 1.82) is 5.26 Å². The topological polar surface area (TPSA) is 49.2 Å². The summed E-state index contributed by atoms with van der Waals surface area (Å²) in [4.78, 5) is 5.66. The van der Waals surface area contributed by atoms with E-state index in [1.54, 1.807) is 11.0 Å². The maximum atomic E-state index is 13.6. The summed E-state index contributed by atoms with van der Waals surface area (Å²) in [7, 11) is 0. The van der Waals surface area contributed by atoms with Crippen LogP contribution in [0.5, 0.6) is 0 Å². The zero-order valence-electron chi connectivity index (χ0n) is 8.41. The molecule has 2 heterocycles. The fraction of sp³-hybridized carbons (Fsp3) is 0.400. The Morgan fingerprint density at radius 1 is 1.50 bits per heavy atom. The van der Waals surface area contributed by atoms with Crippen molar-refractivity contribution in [3.05, 3.63) is 22.6 Å². The van der Waals surface area contributed by atoms with Crippen molar-refractivity contribution in [3.8, 4) is 6.07 Å². The van der Waals surface area contributed by atoms with Gasteiger partial charge in [-0.25, -0.2) is 9.37 Å². The summed E-state index contributed by atoms with van der Waals surface area (Å²) in [5.74, 6) is -0.338. The number of ether oxygens (including phenoxy) is 1. The molecule has 2 rings (SSSR count). The summed E-state index contributed by atoms with van der Waals surface area (Å²) < 4.78 is 18.8. The van der Waals surface area contributed by atoms with E-state index >= 15 is 0 Å². The van der Waals surface area contributed by atoms with Crippen LogP contribution in [0.3, 0.4) is 0 Å². The van der Waals surface area contributed by atoms with E-state index in [2.05, 4.69) is 4.98 Å². The Morgan fingerprint density at radius 2 is 2.19 bits per heavy atom. The number of rotatable bonds is 1. The van der Waals surface area contributed by atoms with Gasteiger partial charge in [0.1, 0.15) is 11.2 Å². The second-order valence-electron chi connectivity index (χ2n) is 3.34. The molecule has 0 aliphatic carbocycles. The number of aromatic nitrogens is 1. The maximum absolute atomic E-state index is 13.6. The number of hydrogen-bond donors (Lipinski definition) is 0. The lowest BCUT2D eigenvalue weighted by Crippen LogP contribution is -2.37. The molecule has 0 spiro atoms. The first-order valence-electron chi connectivity index (χ1n) is 4.81. The maximum Gasteiger partial charge on any atom is 0.167 e. The van der Waals surface area contributed by atoms with Gasteiger partial charge >= 0.3 is 0 Å². The van der Waals surface area contributed by atoms with E-state index in [0.717, 1.165) is 6.07 Å². The van der Waals surface area contributed by atoms with Crippen molar-refractivity contribution >= 4 is 17.4 Å². The molecule has 1 fully saturated rings. The smallest absolute Gasteiger partial charge is 0.167 e. The molecule has 16 heavy (non-hydrogen) atoms. The molecule has 0 atom stereocenters. The molecule has 4 nitrogen and oxygen atoms in total. The molecule has 1 aromatic heterocycles. The zero-order chi connectivity index (χ0) is 11.5. The van der Waals surface area contributed by atoms with Gasteiger partial charge in [0.2, 0.25) is 0 Å². The highest BCUT2D eigenvalue weighted by molar-refractivity contribution is 6.30. The van der Waals surface area contributed by atoms with Crippen LogP contribution in [-0.2, 0) is 4.74 Å². The Hall–Kier alpha value is -1.38. The molecule has 0 amide bonds. The normalized spacial score (nSPS) is 15.9. The Morgan fingerprint density at radius 3 is 2.81 bits per heavy atom. The lowest BCUT2D eigenvalue weighted by Gasteiger charge is -2.28. The molecular formula is C10H9ClFN3O. The van der Waals surface area contributed by atoms with Gasteiger partial charge in [-0.1, -0.05) is 11.6 Å². The molecule has 0 unspecified atom stereocenters. The monoisotopic (exact) mass is 241 g/mol. The van der Waals surface area contributed by atoms with Gasteiger partial charge in [0, 0.05) is 13.1 Å². The van der Waals surface area contributed by atoms with E-state index in [1.165, 1.54) is 0 Å². The second-order valence-corrected chi connectivity index (χ2v) is 3.70. The zero-order valence-corrected chi connectivity index (χ0v) is 9.17. The lowest BCUT2D eigenvalue weighted by atomic mass is 10.3. The molecule has 84 valence electrons. The van der Waals surface area contributed by atoms with Gasteiger partial charge in [0.05, 0.1) is 18.8 Å². The highest BCUT2D eigenvalue weighted by Crippen LogP contribution is 2.23. The number of morpholine rings is 1. The molecule has 0 saturated carbocycles. The Kier molecular flexibility index (Phi) is 3.22. The molecule has 1 saturated heterocycles. The molecule has 1 aliphatic heterocycles. The van der Waals surface area contributed by atoms with Crippen LogP contribution in [0.15, 0.2) is 6.07 Å². The number of pyridine rings is 1. The van der Waals surface area contributed by atoms with Crippen molar-refractivity contribution in [2.24, 2.45) is 0 Å². The van der Waals surface area contributed by atoms with Crippen LogP contribution in [0, 0.1) is 17.1 Å². The first-order chi connectivity index (χ1) is 7.72. The van der Waals surface area contributed by atoms with E-state index in [9.17, 15) is 4.39 Å². The number of hydrogen-bond acceptors (Lipinski definition) is 4. The quantitative estimate of drug-likeness (QED) is 0.701. The Labute approximate surface area is 97.2 Å². The third-order valence-electron chi connectivity index (χ3n) is 2.34. The van der Waals surface area contributed by atoms with E-state index in [4.69, 9.17) is 21.6 Å². The van der Waals surface area contributed by atoms with Gasteiger partial charge in [-0.15, -0.1) is 0 Å². The van der Waals surface area contributed by atoms with Gasteiger partial charge in [-0.3, -0.25) is 0 Å². The highest BCUT2D eigenvalue weighted by Gasteiger charge is 2.18. The standard InChI is InChI=1S/C10H9ClFN3O/c11-9-7(6-13)5-8(12)10(14-9)15-1-3-16-4-2-15/h5H,1-4H2. The summed E-state index contributed by atoms with van der Waals surface area (Å²) >= 11 is 5.76. The molecule has 1 aromatic rings. The van der Waals surface area contributed by atoms with E-state index in [1.807, 2.05) is 0 Å². The van der Waals surface area contributed by atoms with E-state index in [-0.39, 0.29) is 16.5 Å². The third kappa shape index (κ3) is 2.08. The molecule has 0 N–H and O–H groups in total. The summed E-state index contributed by atoms with van der Waals surface area (Å²) in [5.41, 5.74) is 0.0520. The fourth-order valence-electron chi connectivity index (χ4n) is 1.53. The van der Waals surface area contributed by atoms with Crippen LogP contribution in [0.2, 0.25) is 5.15 Å². The first-order valence-corrected chi connectivity index (χ1v) is 5.19.